The smallest absolute Gasteiger partial charge is 0.127 e. The Labute approximate surface area is 122 Å². The molecule has 0 bridgehead atoms. The lowest BCUT2D eigenvalue weighted by Crippen LogP contribution is -2.23. The molecule has 106 valence electrons. The molecule has 0 aliphatic rings. The van der Waals surface area contributed by atoms with E-state index in [1.807, 2.05) is 13.8 Å². The average Bonchev–Trinajstić information content (AvgIpc) is 2.38. The van der Waals surface area contributed by atoms with Crippen LogP contribution in [-0.4, -0.2) is 0 Å². The van der Waals surface area contributed by atoms with Crippen LogP contribution >= 0.6 is 11.6 Å². The Kier molecular flexibility index (Phi) is 4.73. The van der Waals surface area contributed by atoms with Crippen LogP contribution in [-0.2, 0) is 0 Å². The fraction of sp³-hybridized carbons (Fsp3) is 0.250. The zero-order valence-corrected chi connectivity index (χ0v) is 12.1. The number of hydrogen-bond donors (Lipinski definition) is 1. The lowest BCUT2D eigenvalue weighted by atomic mass is 10.0. The Morgan fingerprint density at radius 1 is 0.950 bits per heavy atom. The number of benzene rings is 2. The van der Waals surface area contributed by atoms with Gasteiger partial charge in [0, 0.05) is 22.7 Å². The second kappa shape index (κ2) is 6.33. The first-order valence-electron chi connectivity index (χ1n) is 6.44. The first-order chi connectivity index (χ1) is 9.49. The van der Waals surface area contributed by atoms with Crippen LogP contribution < -0.4 is 5.32 Å². The third-order valence-corrected chi connectivity index (χ3v) is 3.63. The quantitative estimate of drug-likeness (QED) is 0.834. The number of rotatable bonds is 4. The maximum absolute atomic E-state index is 13.7. The summed E-state index contributed by atoms with van der Waals surface area (Å²) in [5.74, 6) is -0.613. The molecule has 2 rings (SSSR count). The fourth-order valence-corrected chi connectivity index (χ4v) is 2.56. The first kappa shape index (κ1) is 14.9. The zero-order chi connectivity index (χ0) is 14.7. The van der Waals surface area contributed by atoms with Crippen molar-refractivity contribution in [3.8, 4) is 0 Å². The minimum Gasteiger partial charge on any atom is -0.303 e. The SMILES string of the molecule is CC(N[C@H](C)c1ccccc1F)c1ccc(F)cc1Cl. The highest BCUT2D eigenvalue weighted by Crippen LogP contribution is 2.26. The first-order valence-corrected chi connectivity index (χ1v) is 6.82. The molecular weight excluding hydrogens is 280 g/mol. The molecule has 0 aromatic heterocycles. The molecule has 0 amide bonds. The lowest BCUT2D eigenvalue weighted by molar-refractivity contribution is 0.473. The summed E-state index contributed by atoms with van der Waals surface area (Å²) in [6, 6.07) is 10.6. The van der Waals surface area contributed by atoms with Crippen LogP contribution in [0, 0.1) is 11.6 Å². The van der Waals surface area contributed by atoms with E-state index in [4.69, 9.17) is 11.6 Å². The molecule has 0 aliphatic carbocycles. The Morgan fingerprint density at radius 3 is 2.25 bits per heavy atom. The van der Waals surface area contributed by atoms with Crippen LogP contribution in [0.3, 0.4) is 0 Å². The molecular formula is C16H16ClF2N. The average molecular weight is 296 g/mol. The van der Waals surface area contributed by atoms with Gasteiger partial charge in [-0.3, -0.25) is 0 Å². The zero-order valence-electron chi connectivity index (χ0n) is 11.3. The summed E-state index contributed by atoms with van der Waals surface area (Å²) in [5, 5.41) is 3.63. The molecule has 1 unspecified atom stereocenters. The summed E-state index contributed by atoms with van der Waals surface area (Å²) >= 11 is 6.03. The van der Waals surface area contributed by atoms with Gasteiger partial charge in [0.05, 0.1) is 0 Å². The lowest BCUT2D eigenvalue weighted by Gasteiger charge is -2.22. The van der Waals surface area contributed by atoms with Gasteiger partial charge in [0.1, 0.15) is 11.6 Å². The maximum atomic E-state index is 13.7. The molecule has 2 aromatic carbocycles. The second-order valence-electron chi connectivity index (χ2n) is 4.80. The molecule has 2 atom stereocenters. The molecule has 20 heavy (non-hydrogen) atoms. The van der Waals surface area contributed by atoms with Crippen molar-refractivity contribution in [1.29, 1.82) is 0 Å². The van der Waals surface area contributed by atoms with Gasteiger partial charge in [0.25, 0.3) is 0 Å². The highest BCUT2D eigenvalue weighted by Gasteiger charge is 2.16. The number of halogens is 3. The van der Waals surface area contributed by atoms with Crippen LogP contribution in [0.5, 0.6) is 0 Å². The van der Waals surface area contributed by atoms with Gasteiger partial charge in [-0.2, -0.15) is 0 Å². The van der Waals surface area contributed by atoms with Crippen molar-refractivity contribution in [2.24, 2.45) is 0 Å². The van der Waals surface area contributed by atoms with Crippen molar-refractivity contribution >= 4 is 11.6 Å². The monoisotopic (exact) mass is 295 g/mol. The van der Waals surface area contributed by atoms with Gasteiger partial charge in [-0.25, -0.2) is 8.78 Å². The van der Waals surface area contributed by atoms with Crippen molar-refractivity contribution in [3.63, 3.8) is 0 Å². The van der Waals surface area contributed by atoms with Gasteiger partial charge in [0.2, 0.25) is 0 Å². The van der Waals surface area contributed by atoms with E-state index in [1.54, 1.807) is 24.3 Å². The van der Waals surface area contributed by atoms with Gasteiger partial charge in [-0.05, 0) is 37.6 Å². The normalized spacial score (nSPS) is 14.1. The highest BCUT2D eigenvalue weighted by molar-refractivity contribution is 6.31. The van der Waals surface area contributed by atoms with Gasteiger partial charge in [0.15, 0.2) is 0 Å². The minimum atomic E-state index is -0.367. The van der Waals surface area contributed by atoms with E-state index in [9.17, 15) is 8.78 Å². The molecule has 0 saturated carbocycles. The Morgan fingerprint density at radius 2 is 1.60 bits per heavy atom. The summed E-state index contributed by atoms with van der Waals surface area (Å²) in [7, 11) is 0. The Bertz CT molecular complexity index is 601. The Balaban J connectivity index is 2.15. The third kappa shape index (κ3) is 3.35. The maximum Gasteiger partial charge on any atom is 0.127 e. The minimum absolute atomic E-state index is 0.113. The molecule has 0 heterocycles. The van der Waals surface area contributed by atoms with E-state index in [2.05, 4.69) is 5.32 Å². The summed E-state index contributed by atoms with van der Waals surface area (Å²) in [6.45, 7) is 3.79. The molecule has 1 nitrogen and oxygen atoms in total. The van der Waals surface area contributed by atoms with Crippen LogP contribution in [0.1, 0.15) is 37.1 Å². The molecule has 0 fully saturated rings. The number of hydrogen-bond acceptors (Lipinski definition) is 1. The van der Waals surface area contributed by atoms with E-state index in [0.717, 1.165) is 5.56 Å². The standard InChI is InChI=1S/C16H16ClF2N/c1-10(13-8-7-12(18)9-15(13)17)20-11(2)14-5-3-4-6-16(14)19/h3-11,20H,1-2H3/t10?,11-/m1/s1. The molecule has 1 N–H and O–H groups in total. The van der Waals surface area contributed by atoms with Crippen LogP contribution in [0.15, 0.2) is 42.5 Å². The predicted octanol–water partition coefficient (Wildman–Crippen LogP) is 5.03. The van der Waals surface area contributed by atoms with E-state index >= 15 is 0 Å². The summed E-state index contributed by atoms with van der Waals surface area (Å²) in [5.41, 5.74) is 1.38. The Hall–Kier alpha value is -1.45. The number of nitrogens with one attached hydrogen (secondary N) is 1. The topological polar surface area (TPSA) is 12.0 Å². The van der Waals surface area contributed by atoms with Crippen LogP contribution in [0.25, 0.3) is 0 Å². The predicted molar refractivity (Wildman–Crippen MR) is 77.8 cm³/mol. The van der Waals surface area contributed by atoms with E-state index in [1.165, 1.54) is 18.2 Å². The van der Waals surface area contributed by atoms with Gasteiger partial charge in [-0.15, -0.1) is 0 Å². The van der Waals surface area contributed by atoms with Crippen molar-refractivity contribution in [1.82, 2.24) is 5.32 Å². The van der Waals surface area contributed by atoms with Gasteiger partial charge < -0.3 is 5.32 Å². The fourth-order valence-electron chi connectivity index (χ4n) is 2.23. The molecule has 4 heteroatoms. The molecule has 0 aliphatic heterocycles. The van der Waals surface area contributed by atoms with E-state index in [0.29, 0.717) is 10.6 Å². The van der Waals surface area contributed by atoms with Crippen LogP contribution in [0.2, 0.25) is 5.02 Å². The van der Waals surface area contributed by atoms with Gasteiger partial charge in [-0.1, -0.05) is 35.9 Å². The van der Waals surface area contributed by atoms with Crippen molar-refractivity contribution < 1.29 is 8.78 Å². The molecule has 0 spiro atoms. The van der Waals surface area contributed by atoms with E-state index in [-0.39, 0.29) is 23.7 Å². The highest BCUT2D eigenvalue weighted by atomic mass is 35.5. The summed E-state index contributed by atoms with van der Waals surface area (Å²) in [6.07, 6.45) is 0. The second-order valence-corrected chi connectivity index (χ2v) is 5.20. The van der Waals surface area contributed by atoms with Crippen molar-refractivity contribution in [2.75, 3.05) is 0 Å². The van der Waals surface area contributed by atoms with Crippen LogP contribution in [0.4, 0.5) is 8.78 Å². The molecule has 0 radical (unpaired) electrons. The molecule has 2 aromatic rings. The van der Waals surface area contributed by atoms with Crippen molar-refractivity contribution in [3.05, 3.63) is 70.2 Å². The van der Waals surface area contributed by atoms with Gasteiger partial charge >= 0.3 is 0 Å². The summed E-state index contributed by atoms with van der Waals surface area (Å²) in [4.78, 5) is 0. The third-order valence-electron chi connectivity index (χ3n) is 3.30. The van der Waals surface area contributed by atoms with E-state index < -0.39 is 0 Å². The molecule has 0 saturated heterocycles. The summed E-state index contributed by atoms with van der Waals surface area (Å²) < 4.78 is 26.7. The van der Waals surface area contributed by atoms with Crippen molar-refractivity contribution in [2.45, 2.75) is 25.9 Å². The largest absolute Gasteiger partial charge is 0.303 e.